The van der Waals surface area contributed by atoms with E-state index < -0.39 is 0 Å². The highest BCUT2D eigenvalue weighted by Crippen LogP contribution is 2.68. The van der Waals surface area contributed by atoms with Crippen LogP contribution in [0.1, 0.15) is 47.5 Å². The van der Waals surface area contributed by atoms with E-state index in [1.54, 1.807) is 0 Å². The zero-order valence-corrected chi connectivity index (χ0v) is 12.5. The maximum absolute atomic E-state index is 12.6. The molecule has 1 atom stereocenters. The van der Waals surface area contributed by atoms with Gasteiger partial charge in [-0.25, -0.2) is 0 Å². The molecule has 1 unspecified atom stereocenters. The molecule has 18 heavy (non-hydrogen) atoms. The van der Waals surface area contributed by atoms with Crippen molar-refractivity contribution in [2.24, 2.45) is 28.4 Å². The predicted octanol–water partition coefficient (Wildman–Crippen LogP) is 2.25. The summed E-state index contributed by atoms with van der Waals surface area (Å²) in [7, 11) is 0. The highest BCUT2D eigenvalue weighted by atomic mass is 16.2. The number of carbonyl (C=O) groups is 1. The van der Waals surface area contributed by atoms with E-state index in [0.717, 1.165) is 25.9 Å². The Hall–Kier alpha value is -0.570. The molecule has 104 valence electrons. The Balaban J connectivity index is 1.94. The average molecular weight is 252 g/mol. The molecule has 0 aromatic rings. The number of hydrogen-bond donors (Lipinski definition) is 1. The summed E-state index contributed by atoms with van der Waals surface area (Å²) in [4.78, 5) is 14.6. The minimum absolute atomic E-state index is 0.155. The molecular weight excluding hydrogens is 224 g/mol. The summed E-state index contributed by atoms with van der Waals surface area (Å²) in [5.41, 5.74) is 6.25. The van der Waals surface area contributed by atoms with Gasteiger partial charge >= 0.3 is 0 Å². The summed E-state index contributed by atoms with van der Waals surface area (Å²) < 4.78 is 0. The molecule has 1 heterocycles. The van der Waals surface area contributed by atoms with Gasteiger partial charge in [0.2, 0.25) is 5.91 Å². The third-order valence-corrected chi connectivity index (χ3v) is 5.86. The SMILES string of the molecule is CC(N)C1CCN(C(=O)C2C(C)(C)C2(C)C)CC1. The Kier molecular flexibility index (Phi) is 3.25. The fourth-order valence-corrected chi connectivity index (χ4v) is 3.64. The van der Waals surface area contributed by atoms with Crippen LogP contribution in [0.5, 0.6) is 0 Å². The zero-order chi connectivity index (χ0) is 13.7. The summed E-state index contributed by atoms with van der Waals surface area (Å²) in [6, 6.07) is 0.260. The first-order valence-electron chi connectivity index (χ1n) is 7.24. The molecule has 2 rings (SSSR count). The van der Waals surface area contributed by atoms with Crippen LogP contribution in [0, 0.1) is 22.7 Å². The van der Waals surface area contributed by atoms with Crippen LogP contribution in [0.3, 0.4) is 0 Å². The van der Waals surface area contributed by atoms with Crippen molar-refractivity contribution in [3.05, 3.63) is 0 Å². The van der Waals surface area contributed by atoms with Crippen LogP contribution in [0.4, 0.5) is 0 Å². The van der Waals surface area contributed by atoms with E-state index in [9.17, 15) is 4.79 Å². The summed E-state index contributed by atoms with van der Waals surface area (Å²) >= 11 is 0. The van der Waals surface area contributed by atoms with Crippen LogP contribution < -0.4 is 5.73 Å². The Morgan fingerprint density at radius 3 is 1.94 bits per heavy atom. The first-order valence-corrected chi connectivity index (χ1v) is 7.24. The molecule has 1 amide bonds. The fourth-order valence-electron chi connectivity index (χ4n) is 3.64. The van der Waals surface area contributed by atoms with Crippen molar-refractivity contribution in [1.82, 2.24) is 4.90 Å². The predicted molar refractivity (Wildman–Crippen MR) is 74.0 cm³/mol. The van der Waals surface area contributed by atoms with Gasteiger partial charge in [0.05, 0.1) is 0 Å². The minimum atomic E-state index is 0.155. The molecule has 1 aliphatic heterocycles. The quantitative estimate of drug-likeness (QED) is 0.819. The molecule has 1 aliphatic carbocycles. The lowest BCUT2D eigenvalue weighted by atomic mass is 9.90. The maximum Gasteiger partial charge on any atom is 0.226 e. The molecule has 0 aromatic heterocycles. The first-order chi connectivity index (χ1) is 8.19. The second kappa shape index (κ2) is 4.22. The molecule has 0 aromatic carbocycles. The van der Waals surface area contributed by atoms with E-state index in [1.807, 2.05) is 0 Å². The average Bonchev–Trinajstić information content (AvgIpc) is 2.69. The van der Waals surface area contributed by atoms with Crippen molar-refractivity contribution >= 4 is 5.91 Å². The molecule has 2 N–H and O–H groups in total. The van der Waals surface area contributed by atoms with Crippen LogP contribution in [0.25, 0.3) is 0 Å². The molecule has 0 bridgehead atoms. The molecule has 3 nitrogen and oxygen atoms in total. The summed E-state index contributed by atoms with van der Waals surface area (Å²) in [6.45, 7) is 12.7. The summed E-state index contributed by atoms with van der Waals surface area (Å²) in [6.07, 6.45) is 2.13. The first kappa shape index (κ1) is 13.9. The van der Waals surface area contributed by atoms with Gasteiger partial charge in [0, 0.05) is 25.0 Å². The van der Waals surface area contributed by atoms with Crippen LogP contribution in [-0.2, 0) is 4.79 Å². The smallest absolute Gasteiger partial charge is 0.226 e. The van der Waals surface area contributed by atoms with Crippen molar-refractivity contribution in [1.29, 1.82) is 0 Å². The second-order valence-corrected chi connectivity index (χ2v) is 7.40. The molecule has 3 heteroatoms. The topological polar surface area (TPSA) is 46.3 Å². The van der Waals surface area contributed by atoms with E-state index >= 15 is 0 Å². The number of amides is 1. The van der Waals surface area contributed by atoms with Gasteiger partial charge in [-0.15, -0.1) is 0 Å². The number of carbonyl (C=O) groups excluding carboxylic acids is 1. The van der Waals surface area contributed by atoms with Gasteiger partial charge in [-0.3, -0.25) is 4.79 Å². The van der Waals surface area contributed by atoms with Gasteiger partial charge in [0.1, 0.15) is 0 Å². The largest absolute Gasteiger partial charge is 0.342 e. The zero-order valence-electron chi connectivity index (χ0n) is 12.5. The lowest BCUT2D eigenvalue weighted by Gasteiger charge is -2.34. The van der Waals surface area contributed by atoms with Gasteiger partial charge < -0.3 is 10.6 Å². The number of piperidine rings is 1. The van der Waals surface area contributed by atoms with Gasteiger partial charge in [-0.2, -0.15) is 0 Å². The van der Waals surface area contributed by atoms with E-state index in [1.165, 1.54) is 0 Å². The summed E-state index contributed by atoms with van der Waals surface area (Å²) in [5.74, 6) is 1.17. The molecule has 2 aliphatic rings. The second-order valence-electron chi connectivity index (χ2n) is 7.40. The van der Waals surface area contributed by atoms with Crippen molar-refractivity contribution in [3.63, 3.8) is 0 Å². The Bertz CT molecular complexity index is 324. The Morgan fingerprint density at radius 1 is 1.17 bits per heavy atom. The van der Waals surface area contributed by atoms with Gasteiger partial charge in [0.15, 0.2) is 0 Å². The number of nitrogens with two attached hydrogens (primary N) is 1. The lowest BCUT2D eigenvalue weighted by Crippen LogP contribution is -2.43. The molecule has 1 saturated heterocycles. The molecular formula is C15H28N2O. The van der Waals surface area contributed by atoms with Crippen LogP contribution in [-0.4, -0.2) is 29.9 Å². The third kappa shape index (κ3) is 1.97. The van der Waals surface area contributed by atoms with Gasteiger partial charge in [-0.05, 0) is 36.5 Å². The molecule has 0 radical (unpaired) electrons. The minimum Gasteiger partial charge on any atom is -0.342 e. The fraction of sp³-hybridized carbons (Fsp3) is 0.933. The van der Waals surface area contributed by atoms with Crippen molar-refractivity contribution in [2.75, 3.05) is 13.1 Å². The van der Waals surface area contributed by atoms with Gasteiger partial charge in [0.25, 0.3) is 0 Å². The standard InChI is InChI=1S/C15H28N2O/c1-10(16)11-6-8-17(9-7-11)13(18)12-14(2,3)15(12,4)5/h10-12H,6-9,16H2,1-5H3. The van der Waals surface area contributed by atoms with Gasteiger partial charge in [-0.1, -0.05) is 27.7 Å². The number of likely N-dealkylation sites (tertiary alicyclic amines) is 1. The third-order valence-electron chi connectivity index (χ3n) is 5.86. The Morgan fingerprint density at radius 2 is 1.61 bits per heavy atom. The monoisotopic (exact) mass is 252 g/mol. The highest BCUT2D eigenvalue weighted by molar-refractivity contribution is 5.84. The maximum atomic E-state index is 12.6. The summed E-state index contributed by atoms with van der Waals surface area (Å²) in [5, 5.41) is 0. The highest BCUT2D eigenvalue weighted by Gasteiger charge is 2.68. The van der Waals surface area contributed by atoms with Crippen LogP contribution in [0.2, 0.25) is 0 Å². The van der Waals surface area contributed by atoms with Crippen molar-refractivity contribution < 1.29 is 4.79 Å². The van der Waals surface area contributed by atoms with E-state index in [0.29, 0.717) is 11.8 Å². The number of nitrogens with zero attached hydrogens (tertiary/aromatic N) is 1. The van der Waals surface area contributed by atoms with Crippen LogP contribution in [0.15, 0.2) is 0 Å². The van der Waals surface area contributed by atoms with E-state index in [4.69, 9.17) is 5.73 Å². The number of rotatable bonds is 2. The number of hydrogen-bond acceptors (Lipinski definition) is 2. The molecule has 2 fully saturated rings. The van der Waals surface area contributed by atoms with Crippen molar-refractivity contribution in [2.45, 2.75) is 53.5 Å². The lowest BCUT2D eigenvalue weighted by molar-refractivity contribution is -0.135. The Labute approximate surface area is 111 Å². The van der Waals surface area contributed by atoms with Crippen LogP contribution >= 0.6 is 0 Å². The molecule has 0 spiro atoms. The molecule has 1 saturated carbocycles. The normalized spacial score (nSPS) is 29.1. The van der Waals surface area contributed by atoms with E-state index in [-0.39, 0.29) is 22.8 Å². The van der Waals surface area contributed by atoms with E-state index in [2.05, 4.69) is 39.5 Å². The van der Waals surface area contributed by atoms with Crippen molar-refractivity contribution in [3.8, 4) is 0 Å².